The van der Waals surface area contributed by atoms with Gasteiger partial charge in [0.2, 0.25) is 5.91 Å². The van der Waals surface area contributed by atoms with Gasteiger partial charge in [-0.25, -0.2) is 4.79 Å². The van der Waals surface area contributed by atoms with E-state index < -0.39 is 4.87 Å². The number of unbranched alkanes of at least 4 members (excludes halogenated alkanes) is 8. The van der Waals surface area contributed by atoms with Crippen molar-refractivity contribution in [2.75, 3.05) is 13.4 Å². The van der Waals surface area contributed by atoms with Gasteiger partial charge in [0.15, 0.2) is 4.87 Å². The summed E-state index contributed by atoms with van der Waals surface area (Å²) in [5.41, 5.74) is 0. The summed E-state index contributed by atoms with van der Waals surface area (Å²) in [6.45, 7) is 6.08. The first-order valence-electron chi connectivity index (χ1n) is 9.39. The van der Waals surface area contributed by atoms with Crippen molar-refractivity contribution in [3.8, 4) is 0 Å². The van der Waals surface area contributed by atoms with Crippen LogP contribution < -0.4 is 5.32 Å². The first-order valence-corrected chi connectivity index (χ1v) is 10.6. The van der Waals surface area contributed by atoms with Crippen molar-refractivity contribution in [3.63, 3.8) is 0 Å². The van der Waals surface area contributed by atoms with Crippen LogP contribution in [0.5, 0.6) is 0 Å². The van der Waals surface area contributed by atoms with Crippen LogP contribution in [-0.2, 0) is 14.3 Å². The zero-order chi connectivity index (χ0) is 18.4. The maximum absolute atomic E-state index is 12.2. The fraction of sp³-hybridized carbons (Fsp3) is 0.895. The molecule has 0 fully saturated rings. The molecule has 0 aromatic heterocycles. The average molecular weight is 360 g/mol. The Morgan fingerprint density at radius 1 is 1.00 bits per heavy atom. The molecule has 5 heteroatoms. The minimum Gasteiger partial charge on any atom is -0.467 e. The summed E-state index contributed by atoms with van der Waals surface area (Å²) in [5.74, 6) is -0.483. The Balaban J connectivity index is 4.04. The van der Waals surface area contributed by atoms with Crippen LogP contribution in [0.25, 0.3) is 0 Å². The van der Waals surface area contributed by atoms with Crippen molar-refractivity contribution in [1.29, 1.82) is 0 Å². The van der Waals surface area contributed by atoms with E-state index in [2.05, 4.69) is 12.2 Å². The number of hydrogen-bond donors (Lipinski definition) is 1. The number of esters is 1. The molecule has 0 spiro atoms. The minimum atomic E-state index is -0.981. The smallest absolute Gasteiger partial charge is 0.342 e. The predicted molar refractivity (Wildman–Crippen MR) is 103 cm³/mol. The Kier molecular flexibility index (Phi) is 13.2. The van der Waals surface area contributed by atoms with Crippen LogP contribution >= 0.6 is 11.8 Å². The fourth-order valence-electron chi connectivity index (χ4n) is 2.82. The number of ether oxygens (including phenoxy) is 1. The lowest BCUT2D eigenvalue weighted by Crippen LogP contribution is -2.56. The molecule has 0 bridgehead atoms. The van der Waals surface area contributed by atoms with Gasteiger partial charge in [0.25, 0.3) is 0 Å². The topological polar surface area (TPSA) is 55.4 Å². The number of rotatable bonds is 14. The molecule has 4 nitrogen and oxygen atoms in total. The van der Waals surface area contributed by atoms with Crippen LogP contribution in [0.3, 0.4) is 0 Å². The maximum atomic E-state index is 12.2. The quantitative estimate of drug-likeness (QED) is 0.272. The van der Waals surface area contributed by atoms with Gasteiger partial charge >= 0.3 is 5.97 Å². The molecule has 0 aromatic carbocycles. The third kappa shape index (κ3) is 8.41. The highest BCUT2D eigenvalue weighted by Crippen LogP contribution is 2.30. The monoisotopic (exact) mass is 359 g/mol. The first-order chi connectivity index (χ1) is 11.4. The molecule has 1 amide bonds. The Morgan fingerprint density at radius 3 is 1.92 bits per heavy atom. The van der Waals surface area contributed by atoms with Gasteiger partial charge in [0.1, 0.15) is 0 Å². The van der Waals surface area contributed by atoms with Crippen LogP contribution in [-0.4, -0.2) is 30.1 Å². The number of hydrogen-bond acceptors (Lipinski definition) is 4. The normalized spacial score (nSPS) is 13.6. The molecular formula is C19H37NO3S. The average Bonchev–Trinajstić information content (AvgIpc) is 2.57. The van der Waals surface area contributed by atoms with E-state index in [1.807, 2.05) is 20.1 Å². The molecule has 0 aliphatic carbocycles. The second-order valence-corrected chi connectivity index (χ2v) is 7.76. The van der Waals surface area contributed by atoms with Crippen molar-refractivity contribution in [2.24, 2.45) is 5.92 Å². The van der Waals surface area contributed by atoms with Crippen LogP contribution in [0.2, 0.25) is 0 Å². The molecule has 0 radical (unpaired) electrons. The van der Waals surface area contributed by atoms with Crippen molar-refractivity contribution in [2.45, 2.75) is 89.9 Å². The van der Waals surface area contributed by atoms with Crippen LogP contribution in [0, 0.1) is 5.92 Å². The summed E-state index contributed by atoms with van der Waals surface area (Å²) in [7, 11) is 1.36. The summed E-state index contributed by atoms with van der Waals surface area (Å²) in [4.78, 5) is 23.3. The van der Waals surface area contributed by atoms with Crippen LogP contribution in [0.15, 0.2) is 0 Å². The largest absolute Gasteiger partial charge is 0.467 e. The molecule has 0 rings (SSSR count). The zero-order valence-corrected chi connectivity index (χ0v) is 17.1. The SMILES string of the molecule is CCCCCCCCCCCC(=O)NC(SC)(C(=O)OC)C(C)C. The molecule has 0 saturated heterocycles. The van der Waals surface area contributed by atoms with Gasteiger partial charge in [-0.3, -0.25) is 4.79 Å². The van der Waals surface area contributed by atoms with Gasteiger partial charge in [-0.15, -0.1) is 11.8 Å². The Bertz CT molecular complexity index is 361. The lowest BCUT2D eigenvalue weighted by molar-refractivity contribution is -0.148. The first kappa shape index (κ1) is 23.3. The van der Waals surface area contributed by atoms with Gasteiger partial charge in [-0.05, 0) is 18.6 Å². The zero-order valence-electron chi connectivity index (χ0n) is 16.3. The molecule has 0 heterocycles. The fourth-order valence-corrected chi connectivity index (χ4v) is 3.76. The van der Waals surface area contributed by atoms with Gasteiger partial charge < -0.3 is 10.1 Å². The molecule has 0 aromatic rings. The van der Waals surface area contributed by atoms with Crippen molar-refractivity contribution in [3.05, 3.63) is 0 Å². The minimum absolute atomic E-state index is 0.0352. The van der Waals surface area contributed by atoms with E-state index >= 15 is 0 Å². The van der Waals surface area contributed by atoms with Crippen molar-refractivity contribution >= 4 is 23.6 Å². The Labute approximate surface area is 152 Å². The number of nitrogens with one attached hydrogen (secondary N) is 1. The second-order valence-electron chi connectivity index (χ2n) is 6.71. The maximum Gasteiger partial charge on any atom is 0.342 e. The number of amides is 1. The summed E-state index contributed by atoms with van der Waals surface area (Å²) < 4.78 is 4.89. The van der Waals surface area contributed by atoms with E-state index in [-0.39, 0.29) is 17.8 Å². The summed E-state index contributed by atoms with van der Waals surface area (Å²) in [5, 5.41) is 2.91. The third-order valence-corrected chi connectivity index (χ3v) is 5.84. The van der Waals surface area contributed by atoms with Crippen LogP contribution in [0.1, 0.15) is 85.0 Å². The van der Waals surface area contributed by atoms with Gasteiger partial charge in [-0.2, -0.15) is 0 Å². The molecule has 0 aliphatic heterocycles. The standard InChI is InChI=1S/C19H37NO3S/c1-6-7-8-9-10-11-12-13-14-15-17(21)20-19(24-5,16(2)3)18(22)23-4/h16H,6-15H2,1-5H3,(H,20,21). The molecule has 1 atom stereocenters. The molecular weight excluding hydrogens is 322 g/mol. The van der Waals surface area contributed by atoms with E-state index in [1.165, 1.54) is 63.8 Å². The predicted octanol–water partition coefficient (Wildman–Crippen LogP) is 4.91. The third-order valence-electron chi connectivity index (χ3n) is 4.46. The highest BCUT2D eigenvalue weighted by Gasteiger charge is 2.43. The van der Waals surface area contributed by atoms with E-state index in [0.29, 0.717) is 6.42 Å². The van der Waals surface area contributed by atoms with Gasteiger partial charge in [-0.1, -0.05) is 72.1 Å². The highest BCUT2D eigenvalue weighted by molar-refractivity contribution is 8.00. The molecule has 0 saturated carbocycles. The summed E-state index contributed by atoms with van der Waals surface area (Å²) in [6.07, 6.45) is 13.3. The van der Waals surface area contributed by atoms with Crippen molar-refractivity contribution in [1.82, 2.24) is 5.32 Å². The molecule has 0 aliphatic rings. The number of carbonyl (C=O) groups excluding carboxylic acids is 2. The van der Waals surface area contributed by atoms with Crippen LogP contribution in [0.4, 0.5) is 0 Å². The molecule has 142 valence electrons. The van der Waals surface area contributed by atoms with E-state index in [0.717, 1.165) is 12.8 Å². The molecule has 1 N–H and O–H groups in total. The van der Waals surface area contributed by atoms with Gasteiger partial charge in [0, 0.05) is 6.42 Å². The van der Waals surface area contributed by atoms with Crippen molar-refractivity contribution < 1.29 is 14.3 Å². The highest BCUT2D eigenvalue weighted by atomic mass is 32.2. The Morgan fingerprint density at radius 2 is 1.50 bits per heavy atom. The van der Waals surface area contributed by atoms with E-state index in [4.69, 9.17) is 4.74 Å². The summed E-state index contributed by atoms with van der Waals surface area (Å²) in [6, 6.07) is 0. The van der Waals surface area contributed by atoms with E-state index in [9.17, 15) is 9.59 Å². The second kappa shape index (κ2) is 13.6. The number of methoxy groups -OCH3 is 1. The lowest BCUT2D eigenvalue weighted by atomic mass is 10.0. The van der Waals surface area contributed by atoms with E-state index in [1.54, 1.807) is 0 Å². The number of carbonyl (C=O) groups is 2. The lowest BCUT2D eigenvalue weighted by Gasteiger charge is -2.33. The summed E-state index contributed by atoms with van der Waals surface area (Å²) >= 11 is 1.34. The molecule has 24 heavy (non-hydrogen) atoms. The molecule has 1 unspecified atom stereocenters. The van der Waals surface area contributed by atoms with Gasteiger partial charge in [0.05, 0.1) is 7.11 Å². The number of thioether (sulfide) groups is 1. The Hall–Kier alpha value is -0.710.